The van der Waals surface area contributed by atoms with Crippen molar-refractivity contribution in [2.24, 2.45) is 18.9 Å². The van der Waals surface area contributed by atoms with Crippen LogP contribution in [0.15, 0.2) is 30.5 Å². The predicted octanol–water partition coefficient (Wildman–Crippen LogP) is 4.65. The Balaban J connectivity index is 1.37. The number of hydrogen-bond donors (Lipinski definition) is 4. The van der Waals surface area contributed by atoms with Gasteiger partial charge in [-0.2, -0.15) is 5.10 Å². The van der Waals surface area contributed by atoms with Gasteiger partial charge in [0.15, 0.2) is 0 Å². The molecule has 3 atom stereocenters. The molecule has 2 aliphatic rings. The first kappa shape index (κ1) is 29.8. The van der Waals surface area contributed by atoms with E-state index in [0.717, 1.165) is 67.4 Å². The van der Waals surface area contributed by atoms with Crippen LogP contribution in [-0.2, 0) is 16.6 Å². The summed E-state index contributed by atoms with van der Waals surface area (Å²) in [5, 5.41) is 13.4. The van der Waals surface area contributed by atoms with Gasteiger partial charge in [-0.05, 0) is 75.1 Å². The maximum atomic E-state index is 13.3. The van der Waals surface area contributed by atoms with Crippen LogP contribution in [0.25, 0.3) is 11.0 Å². The van der Waals surface area contributed by atoms with Crippen molar-refractivity contribution in [2.45, 2.75) is 96.1 Å². The molecule has 2 saturated carbocycles. The van der Waals surface area contributed by atoms with Gasteiger partial charge in [-0.15, -0.1) is 0 Å². The van der Waals surface area contributed by atoms with Gasteiger partial charge in [-0.1, -0.05) is 44.6 Å². The molecule has 3 amide bonds. The summed E-state index contributed by atoms with van der Waals surface area (Å²) >= 11 is 0. The molecule has 226 valence electrons. The monoisotopic (exact) mass is 575 g/mol. The third kappa shape index (κ3) is 6.68. The highest BCUT2D eigenvalue weighted by molar-refractivity contribution is 5.93. The molecule has 0 aliphatic heterocycles. The number of fused-ring (bicyclic) bond motifs is 1. The molecule has 10 heteroatoms. The van der Waals surface area contributed by atoms with Crippen molar-refractivity contribution in [3.05, 3.63) is 47.5 Å². The SMILES string of the molecule is CCNC(=O)[C@H](NC(=O)C(C)c1ccc2nc([C@@H](NC(=O)c3ccnn3C)C3CCCCCCC3)[nH]c2c1)C1CCC1. The molecule has 1 unspecified atom stereocenters. The lowest BCUT2D eigenvalue weighted by Crippen LogP contribution is -2.53. The minimum Gasteiger partial charge on any atom is -0.355 e. The fraction of sp³-hybridized carbons (Fsp3) is 0.594. The minimum absolute atomic E-state index is 0.107. The molecule has 2 aromatic heterocycles. The number of nitrogens with one attached hydrogen (secondary N) is 4. The molecule has 0 bridgehead atoms. The molecule has 42 heavy (non-hydrogen) atoms. The lowest BCUT2D eigenvalue weighted by Gasteiger charge is -2.33. The van der Waals surface area contributed by atoms with Gasteiger partial charge in [-0.25, -0.2) is 4.98 Å². The molecule has 5 rings (SSSR count). The number of likely N-dealkylation sites (N-methyl/N-ethyl adjacent to an activating group) is 1. The fourth-order valence-corrected chi connectivity index (χ4v) is 6.39. The van der Waals surface area contributed by atoms with E-state index in [4.69, 9.17) is 4.98 Å². The number of amides is 3. The van der Waals surface area contributed by atoms with Gasteiger partial charge in [0.2, 0.25) is 11.8 Å². The van der Waals surface area contributed by atoms with Crippen molar-refractivity contribution in [1.82, 2.24) is 35.7 Å². The minimum atomic E-state index is -0.497. The van der Waals surface area contributed by atoms with E-state index in [2.05, 4.69) is 26.0 Å². The number of hydrogen-bond acceptors (Lipinski definition) is 5. The molecule has 0 saturated heterocycles. The highest BCUT2D eigenvalue weighted by Gasteiger charge is 2.35. The number of carbonyl (C=O) groups excluding carboxylic acids is 3. The first-order valence-corrected chi connectivity index (χ1v) is 15.7. The number of benzene rings is 1. The van der Waals surface area contributed by atoms with Crippen LogP contribution >= 0.6 is 0 Å². The molecular weight excluding hydrogens is 530 g/mol. The normalized spacial score (nSPS) is 18.7. The second kappa shape index (κ2) is 13.5. The Morgan fingerprint density at radius 3 is 2.31 bits per heavy atom. The molecule has 2 aliphatic carbocycles. The third-order valence-electron chi connectivity index (χ3n) is 9.23. The quantitative estimate of drug-likeness (QED) is 0.279. The average molecular weight is 576 g/mol. The van der Waals surface area contributed by atoms with E-state index in [1.165, 1.54) is 19.3 Å². The van der Waals surface area contributed by atoms with Crippen molar-refractivity contribution >= 4 is 28.8 Å². The lowest BCUT2D eigenvalue weighted by molar-refractivity contribution is -0.131. The van der Waals surface area contributed by atoms with Crippen LogP contribution in [0.3, 0.4) is 0 Å². The van der Waals surface area contributed by atoms with Crippen molar-refractivity contribution in [3.8, 4) is 0 Å². The molecule has 10 nitrogen and oxygen atoms in total. The number of rotatable bonds is 10. The van der Waals surface area contributed by atoms with Crippen LogP contribution in [0.5, 0.6) is 0 Å². The summed E-state index contributed by atoms with van der Waals surface area (Å²) in [5.74, 6) is 0.326. The summed E-state index contributed by atoms with van der Waals surface area (Å²) in [6.07, 6.45) is 12.7. The molecule has 4 N–H and O–H groups in total. The van der Waals surface area contributed by atoms with E-state index in [0.29, 0.717) is 12.2 Å². The number of imidazole rings is 1. The summed E-state index contributed by atoms with van der Waals surface area (Å²) in [4.78, 5) is 47.7. The van der Waals surface area contributed by atoms with Crippen molar-refractivity contribution in [2.75, 3.05) is 6.54 Å². The number of aryl methyl sites for hydroxylation is 1. The standard InChI is InChI=1S/C32H45N7O3/c1-4-33-32(42)28(22-13-10-14-22)38-30(40)20(2)23-15-16-24-25(19-23)36-29(35-24)27(21-11-8-6-5-7-9-12-21)37-31(41)26-17-18-34-39(26)3/h15-22,27-28H,4-14H2,1-3H3,(H,33,42)(H,35,36)(H,37,41)(H,38,40)/t20?,27-,28+/m0/s1. The van der Waals surface area contributed by atoms with Crippen LogP contribution in [0.2, 0.25) is 0 Å². The van der Waals surface area contributed by atoms with Crippen molar-refractivity contribution in [3.63, 3.8) is 0 Å². The van der Waals surface area contributed by atoms with E-state index < -0.39 is 12.0 Å². The van der Waals surface area contributed by atoms with E-state index in [9.17, 15) is 14.4 Å². The Kier molecular flexibility index (Phi) is 9.59. The Hall–Kier alpha value is -3.69. The maximum Gasteiger partial charge on any atom is 0.270 e. The number of aromatic amines is 1. The molecule has 1 aromatic carbocycles. The summed E-state index contributed by atoms with van der Waals surface area (Å²) in [6.45, 7) is 4.30. The fourth-order valence-electron chi connectivity index (χ4n) is 6.39. The first-order valence-electron chi connectivity index (χ1n) is 15.7. The summed E-state index contributed by atoms with van der Waals surface area (Å²) in [7, 11) is 1.77. The molecule has 0 spiro atoms. The van der Waals surface area contributed by atoms with Crippen LogP contribution in [-0.4, -0.2) is 50.1 Å². The van der Waals surface area contributed by atoms with Crippen molar-refractivity contribution in [1.29, 1.82) is 0 Å². The Morgan fingerprint density at radius 1 is 0.952 bits per heavy atom. The highest BCUT2D eigenvalue weighted by Crippen LogP contribution is 2.34. The van der Waals surface area contributed by atoms with Crippen LogP contribution in [0, 0.1) is 11.8 Å². The molecular formula is C32H45N7O3. The Labute approximate surface area is 247 Å². The highest BCUT2D eigenvalue weighted by atomic mass is 16.2. The van der Waals surface area contributed by atoms with Gasteiger partial charge < -0.3 is 20.9 Å². The summed E-state index contributed by atoms with van der Waals surface area (Å²) in [6, 6.07) is 6.80. The molecule has 2 fully saturated rings. The summed E-state index contributed by atoms with van der Waals surface area (Å²) in [5.41, 5.74) is 2.98. The zero-order chi connectivity index (χ0) is 29.6. The van der Waals surface area contributed by atoms with Gasteiger partial charge >= 0.3 is 0 Å². The third-order valence-corrected chi connectivity index (χ3v) is 9.23. The van der Waals surface area contributed by atoms with Crippen molar-refractivity contribution < 1.29 is 14.4 Å². The average Bonchev–Trinajstić information content (AvgIpc) is 3.55. The van der Waals surface area contributed by atoms with Gasteiger partial charge in [0, 0.05) is 19.8 Å². The zero-order valence-electron chi connectivity index (χ0n) is 25.1. The van der Waals surface area contributed by atoms with Gasteiger partial charge in [0.1, 0.15) is 17.6 Å². The lowest BCUT2D eigenvalue weighted by atomic mass is 9.79. The first-order chi connectivity index (χ1) is 20.4. The van der Waals surface area contributed by atoms with Gasteiger partial charge in [0.25, 0.3) is 5.91 Å². The number of aromatic nitrogens is 4. The Morgan fingerprint density at radius 2 is 1.67 bits per heavy atom. The largest absolute Gasteiger partial charge is 0.355 e. The van der Waals surface area contributed by atoms with E-state index >= 15 is 0 Å². The van der Waals surface area contributed by atoms with Gasteiger partial charge in [0.05, 0.1) is 23.0 Å². The van der Waals surface area contributed by atoms with E-state index in [1.807, 2.05) is 32.0 Å². The predicted molar refractivity (Wildman–Crippen MR) is 162 cm³/mol. The van der Waals surface area contributed by atoms with Crippen LogP contribution in [0.4, 0.5) is 0 Å². The number of H-pyrrole nitrogens is 1. The van der Waals surface area contributed by atoms with Gasteiger partial charge in [-0.3, -0.25) is 19.1 Å². The van der Waals surface area contributed by atoms with Crippen LogP contribution < -0.4 is 16.0 Å². The Bertz CT molecular complexity index is 1380. The second-order valence-corrected chi connectivity index (χ2v) is 12.1. The zero-order valence-corrected chi connectivity index (χ0v) is 25.1. The molecule has 0 radical (unpaired) electrons. The smallest absolute Gasteiger partial charge is 0.270 e. The van der Waals surface area contributed by atoms with E-state index in [1.54, 1.807) is 24.0 Å². The van der Waals surface area contributed by atoms with Crippen LogP contribution in [0.1, 0.15) is 112 Å². The summed E-state index contributed by atoms with van der Waals surface area (Å²) < 4.78 is 1.59. The second-order valence-electron chi connectivity index (χ2n) is 12.1. The maximum absolute atomic E-state index is 13.3. The van der Waals surface area contributed by atoms with E-state index in [-0.39, 0.29) is 35.6 Å². The molecule has 3 aromatic rings. The number of nitrogens with zero attached hydrogens (tertiary/aromatic N) is 3. The topological polar surface area (TPSA) is 134 Å². The molecule has 2 heterocycles. The number of carbonyl (C=O) groups is 3.